The molecule has 0 saturated carbocycles. The highest BCUT2D eigenvalue weighted by Gasteiger charge is 2.42. The molecule has 3 N–H and O–H groups in total. The lowest BCUT2D eigenvalue weighted by atomic mass is 10.0. The van der Waals surface area contributed by atoms with Crippen molar-refractivity contribution in [1.29, 1.82) is 0 Å². The van der Waals surface area contributed by atoms with Gasteiger partial charge in [0, 0.05) is 26.6 Å². The number of aliphatic hydroxyl groups is 1. The van der Waals surface area contributed by atoms with Crippen molar-refractivity contribution >= 4 is 29.1 Å². The second-order valence-electron chi connectivity index (χ2n) is 8.80. The maximum atomic E-state index is 13.2. The number of aromatic nitrogens is 1. The van der Waals surface area contributed by atoms with E-state index < -0.39 is 24.1 Å². The van der Waals surface area contributed by atoms with Gasteiger partial charge in [0.2, 0.25) is 17.7 Å². The van der Waals surface area contributed by atoms with Crippen molar-refractivity contribution in [2.24, 2.45) is 5.92 Å². The Labute approximate surface area is 203 Å². The SMILES string of the molecule is COCC(=O)NC(C(=O)N1C[C@H](O)C[C@H]1C(=O)NCc1ccc(-c2scnc2C)cc1)C(C)C. The van der Waals surface area contributed by atoms with Crippen molar-refractivity contribution in [1.82, 2.24) is 20.5 Å². The molecule has 34 heavy (non-hydrogen) atoms. The molecule has 3 rings (SSSR count). The number of aryl methyl sites for hydroxylation is 1. The Kier molecular flexibility index (Phi) is 8.76. The Bertz CT molecular complexity index is 1010. The number of methoxy groups -OCH3 is 1. The molecule has 1 aliphatic heterocycles. The number of amides is 3. The van der Waals surface area contributed by atoms with Crippen LogP contribution in [0.2, 0.25) is 0 Å². The quantitative estimate of drug-likeness (QED) is 0.492. The summed E-state index contributed by atoms with van der Waals surface area (Å²) in [5.74, 6) is -1.33. The number of thiazole rings is 1. The van der Waals surface area contributed by atoms with Gasteiger partial charge >= 0.3 is 0 Å². The van der Waals surface area contributed by atoms with Crippen molar-refractivity contribution in [3.05, 3.63) is 41.0 Å². The normalized spacial score (nSPS) is 18.7. The number of benzene rings is 1. The number of carbonyl (C=O) groups is 3. The molecule has 0 spiro atoms. The van der Waals surface area contributed by atoms with Crippen LogP contribution in [0.25, 0.3) is 10.4 Å². The van der Waals surface area contributed by atoms with E-state index >= 15 is 0 Å². The number of likely N-dealkylation sites (tertiary alicyclic amines) is 1. The van der Waals surface area contributed by atoms with E-state index in [4.69, 9.17) is 4.74 Å². The maximum Gasteiger partial charge on any atom is 0.246 e. The van der Waals surface area contributed by atoms with Gasteiger partial charge in [0.05, 0.1) is 22.2 Å². The number of nitrogens with one attached hydrogen (secondary N) is 2. The lowest BCUT2D eigenvalue weighted by Gasteiger charge is -2.30. The predicted octanol–water partition coefficient (Wildman–Crippen LogP) is 1.48. The molecular formula is C24H32N4O5S. The van der Waals surface area contributed by atoms with Gasteiger partial charge in [0.25, 0.3) is 0 Å². The zero-order chi connectivity index (χ0) is 24.8. The van der Waals surface area contributed by atoms with Crippen LogP contribution in [-0.2, 0) is 25.7 Å². The average Bonchev–Trinajstić information content (AvgIpc) is 3.41. The van der Waals surface area contributed by atoms with E-state index in [1.807, 2.05) is 50.5 Å². The topological polar surface area (TPSA) is 121 Å². The minimum Gasteiger partial charge on any atom is -0.391 e. The van der Waals surface area contributed by atoms with E-state index in [0.717, 1.165) is 21.7 Å². The number of ether oxygens (including phenoxy) is 1. The minimum absolute atomic E-state index is 0.0448. The van der Waals surface area contributed by atoms with Gasteiger partial charge in [0.1, 0.15) is 18.7 Å². The first-order valence-corrected chi connectivity index (χ1v) is 12.1. The molecule has 1 aliphatic rings. The summed E-state index contributed by atoms with van der Waals surface area (Å²) >= 11 is 1.58. The highest BCUT2D eigenvalue weighted by molar-refractivity contribution is 7.13. The Morgan fingerprint density at radius 2 is 1.97 bits per heavy atom. The van der Waals surface area contributed by atoms with Gasteiger partial charge in [-0.25, -0.2) is 4.98 Å². The highest BCUT2D eigenvalue weighted by atomic mass is 32.1. The molecule has 1 aromatic heterocycles. The van der Waals surface area contributed by atoms with Crippen molar-refractivity contribution in [2.75, 3.05) is 20.3 Å². The fourth-order valence-electron chi connectivity index (χ4n) is 4.00. The first-order chi connectivity index (χ1) is 16.2. The largest absolute Gasteiger partial charge is 0.391 e. The third-order valence-electron chi connectivity index (χ3n) is 5.82. The molecule has 10 heteroatoms. The summed E-state index contributed by atoms with van der Waals surface area (Å²) in [6.45, 7) is 5.78. The van der Waals surface area contributed by atoms with Crippen LogP contribution in [0.4, 0.5) is 0 Å². The van der Waals surface area contributed by atoms with Crippen LogP contribution in [0.3, 0.4) is 0 Å². The van der Waals surface area contributed by atoms with Crippen LogP contribution in [-0.4, -0.2) is 71.2 Å². The standard InChI is InChI=1S/C24H32N4O5S/c1-14(2)21(27-20(30)12-33-4)24(32)28-11-18(29)9-19(28)23(31)25-10-16-5-7-17(8-6-16)22-15(3)26-13-34-22/h5-8,13-14,18-19,21,29H,9-12H2,1-4H3,(H,25,31)(H,27,30)/t18-,19+,21?/m1/s1. The van der Waals surface area contributed by atoms with E-state index in [1.165, 1.54) is 12.0 Å². The van der Waals surface area contributed by atoms with E-state index in [0.29, 0.717) is 6.54 Å². The number of carbonyl (C=O) groups excluding carboxylic acids is 3. The zero-order valence-corrected chi connectivity index (χ0v) is 20.7. The number of hydrogen-bond acceptors (Lipinski definition) is 7. The summed E-state index contributed by atoms with van der Waals surface area (Å²) in [5.41, 5.74) is 4.78. The number of hydrogen-bond donors (Lipinski definition) is 3. The van der Waals surface area contributed by atoms with Crippen molar-refractivity contribution in [2.45, 2.75) is 51.9 Å². The summed E-state index contributed by atoms with van der Waals surface area (Å²) in [6.07, 6.45) is -0.651. The van der Waals surface area contributed by atoms with E-state index in [-0.39, 0.29) is 37.3 Å². The number of β-amino-alcohol motifs (C(OH)–C–C–N with tert-alkyl or cyclic N) is 1. The van der Waals surface area contributed by atoms with Gasteiger partial charge in [0.15, 0.2) is 0 Å². The monoisotopic (exact) mass is 488 g/mol. The molecule has 184 valence electrons. The smallest absolute Gasteiger partial charge is 0.246 e. The first kappa shape index (κ1) is 25.8. The molecule has 9 nitrogen and oxygen atoms in total. The van der Waals surface area contributed by atoms with Crippen molar-refractivity contribution < 1.29 is 24.2 Å². The Hall–Kier alpha value is -2.82. The fourth-order valence-corrected chi connectivity index (χ4v) is 4.82. The summed E-state index contributed by atoms with van der Waals surface area (Å²) in [4.78, 5) is 44.9. The zero-order valence-electron chi connectivity index (χ0n) is 19.9. The fraction of sp³-hybridized carbons (Fsp3) is 0.500. The second kappa shape index (κ2) is 11.5. The third-order valence-corrected chi connectivity index (χ3v) is 6.80. The summed E-state index contributed by atoms with van der Waals surface area (Å²) in [5, 5.41) is 15.8. The van der Waals surface area contributed by atoms with Gasteiger partial charge in [-0.2, -0.15) is 0 Å². The first-order valence-electron chi connectivity index (χ1n) is 11.2. The van der Waals surface area contributed by atoms with Gasteiger partial charge in [-0.3, -0.25) is 14.4 Å². The van der Waals surface area contributed by atoms with E-state index in [9.17, 15) is 19.5 Å². The molecule has 0 aliphatic carbocycles. The number of rotatable bonds is 9. The van der Waals surface area contributed by atoms with E-state index in [2.05, 4.69) is 15.6 Å². The molecular weight excluding hydrogens is 456 g/mol. The molecule has 2 aromatic rings. The van der Waals surface area contributed by atoms with Gasteiger partial charge in [-0.1, -0.05) is 38.1 Å². The van der Waals surface area contributed by atoms with Gasteiger partial charge in [-0.05, 0) is 24.0 Å². The van der Waals surface area contributed by atoms with Gasteiger partial charge < -0.3 is 25.4 Å². The molecule has 1 unspecified atom stereocenters. The Morgan fingerprint density at radius 3 is 2.56 bits per heavy atom. The number of aliphatic hydroxyl groups excluding tert-OH is 1. The molecule has 3 atom stereocenters. The summed E-state index contributed by atoms with van der Waals surface area (Å²) in [6, 6.07) is 6.26. The maximum absolute atomic E-state index is 13.2. The molecule has 0 radical (unpaired) electrons. The van der Waals surface area contributed by atoms with Crippen LogP contribution in [0.1, 0.15) is 31.5 Å². The molecule has 0 bridgehead atoms. The molecule has 1 fully saturated rings. The predicted molar refractivity (Wildman–Crippen MR) is 129 cm³/mol. The van der Waals surface area contributed by atoms with Gasteiger partial charge in [-0.15, -0.1) is 11.3 Å². The lowest BCUT2D eigenvalue weighted by Crippen LogP contribution is -2.55. The second-order valence-corrected chi connectivity index (χ2v) is 9.65. The summed E-state index contributed by atoms with van der Waals surface area (Å²) < 4.78 is 4.83. The number of nitrogens with zero attached hydrogens (tertiary/aromatic N) is 2. The van der Waals surface area contributed by atoms with Crippen LogP contribution in [0.5, 0.6) is 0 Å². The average molecular weight is 489 g/mol. The molecule has 3 amide bonds. The molecule has 2 heterocycles. The Morgan fingerprint density at radius 1 is 1.26 bits per heavy atom. The van der Waals surface area contributed by atoms with Crippen molar-refractivity contribution in [3.8, 4) is 10.4 Å². The third kappa shape index (κ3) is 6.19. The summed E-state index contributed by atoms with van der Waals surface area (Å²) in [7, 11) is 1.40. The highest BCUT2D eigenvalue weighted by Crippen LogP contribution is 2.27. The van der Waals surface area contributed by atoms with Crippen LogP contribution >= 0.6 is 11.3 Å². The molecule has 1 saturated heterocycles. The van der Waals surface area contributed by atoms with E-state index in [1.54, 1.807) is 11.3 Å². The van der Waals surface area contributed by atoms with Crippen LogP contribution in [0, 0.1) is 12.8 Å². The lowest BCUT2D eigenvalue weighted by molar-refractivity contribution is -0.143. The molecule has 1 aromatic carbocycles. The van der Waals surface area contributed by atoms with Crippen LogP contribution < -0.4 is 10.6 Å². The van der Waals surface area contributed by atoms with Crippen molar-refractivity contribution in [3.63, 3.8) is 0 Å². The Balaban J connectivity index is 1.64. The minimum atomic E-state index is -0.814. The van der Waals surface area contributed by atoms with Crippen LogP contribution in [0.15, 0.2) is 29.8 Å².